The normalized spacial score (nSPS) is 10.5. The Labute approximate surface area is 59.6 Å². The zero-order valence-corrected chi connectivity index (χ0v) is 5.78. The molecule has 1 aromatic rings. The van der Waals surface area contributed by atoms with Gasteiger partial charge in [-0.15, -0.1) is 0 Å². The molecule has 1 rings (SSSR count). The number of pyridine rings is 1. The number of aromatic nitrogens is 1. The highest BCUT2D eigenvalue weighted by Crippen LogP contribution is 2.01. The molecule has 10 heavy (non-hydrogen) atoms. The van der Waals surface area contributed by atoms with Crippen LogP contribution in [0.5, 0.6) is 0 Å². The van der Waals surface area contributed by atoms with Crippen molar-refractivity contribution >= 4 is 12.0 Å². The minimum atomic E-state index is 0.521. The van der Waals surface area contributed by atoms with Crippen molar-refractivity contribution in [2.45, 2.75) is 0 Å². The fourth-order valence-electron chi connectivity index (χ4n) is 0.678. The third-order valence-electron chi connectivity index (χ3n) is 1.14. The van der Waals surface area contributed by atoms with Crippen LogP contribution in [-0.2, 0) is 0 Å². The molecule has 0 bridgehead atoms. The maximum Gasteiger partial charge on any atom is 0.132 e. The summed E-state index contributed by atoms with van der Waals surface area (Å²) in [6, 6.07) is 3.70. The average molecular weight is 135 g/mol. The quantitative estimate of drug-likeness (QED) is 0.576. The van der Waals surface area contributed by atoms with Gasteiger partial charge in [-0.05, 0) is 12.1 Å². The Hall–Kier alpha value is -1.38. The molecule has 0 aliphatic heterocycles. The van der Waals surface area contributed by atoms with Crippen LogP contribution in [0, 0.1) is 0 Å². The van der Waals surface area contributed by atoms with E-state index in [1.54, 1.807) is 19.5 Å². The van der Waals surface area contributed by atoms with Gasteiger partial charge < -0.3 is 5.73 Å². The predicted octanol–water partition coefficient (Wildman–Crippen LogP) is 0.713. The van der Waals surface area contributed by atoms with Gasteiger partial charge in [0.15, 0.2) is 0 Å². The molecule has 52 valence electrons. The Bertz CT molecular complexity index is 242. The summed E-state index contributed by atoms with van der Waals surface area (Å²) in [6.45, 7) is 0. The zero-order chi connectivity index (χ0) is 7.40. The van der Waals surface area contributed by atoms with Gasteiger partial charge in [-0.25, -0.2) is 4.98 Å². The topological polar surface area (TPSA) is 51.3 Å². The van der Waals surface area contributed by atoms with Gasteiger partial charge in [-0.3, -0.25) is 4.99 Å². The fraction of sp³-hybridized carbons (Fsp3) is 0.143. The van der Waals surface area contributed by atoms with Gasteiger partial charge in [0, 0.05) is 25.0 Å². The van der Waals surface area contributed by atoms with Gasteiger partial charge in [-0.2, -0.15) is 0 Å². The average Bonchev–Trinajstić information content (AvgIpc) is 1.94. The molecule has 3 nitrogen and oxygen atoms in total. The van der Waals surface area contributed by atoms with E-state index in [-0.39, 0.29) is 0 Å². The standard InChI is InChI=1S/C7H9N3/c1-9-5-6-3-2-4-10-7(6)8/h2-5H,1H3,(H2,8,10). The highest BCUT2D eigenvalue weighted by molar-refractivity contribution is 5.85. The van der Waals surface area contributed by atoms with Crippen molar-refractivity contribution in [3.63, 3.8) is 0 Å². The minimum absolute atomic E-state index is 0.521. The van der Waals surface area contributed by atoms with Crippen molar-refractivity contribution in [3.05, 3.63) is 23.9 Å². The zero-order valence-electron chi connectivity index (χ0n) is 5.78. The fourth-order valence-corrected chi connectivity index (χ4v) is 0.678. The number of nitrogens with two attached hydrogens (primary N) is 1. The molecule has 0 fully saturated rings. The minimum Gasteiger partial charge on any atom is -0.383 e. The number of nitrogen functional groups attached to an aromatic ring is 1. The Balaban J connectivity index is 3.03. The van der Waals surface area contributed by atoms with E-state index in [4.69, 9.17) is 5.73 Å². The lowest BCUT2D eigenvalue weighted by Gasteiger charge is -1.94. The summed E-state index contributed by atoms with van der Waals surface area (Å²) >= 11 is 0. The summed E-state index contributed by atoms with van der Waals surface area (Å²) in [7, 11) is 1.70. The number of nitrogens with zero attached hydrogens (tertiary/aromatic N) is 2. The van der Waals surface area contributed by atoms with E-state index in [2.05, 4.69) is 9.98 Å². The maximum atomic E-state index is 5.50. The van der Waals surface area contributed by atoms with Crippen molar-refractivity contribution in [2.75, 3.05) is 12.8 Å². The molecule has 0 aliphatic rings. The van der Waals surface area contributed by atoms with Crippen LogP contribution in [0.25, 0.3) is 0 Å². The predicted molar refractivity (Wildman–Crippen MR) is 42.2 cm³/mol. The maximum absolute atomic E-state index is 5.50. The summed E-state index contributed by atoms with van der Waals surface area (Å²) < 4.78 is 0. The van der Waals surface area contributed by atoms with Crippen molar-refractivity contribution in [3.8, 4) is 0 Å². The lowest BCUT2D eigenvalue weighted by atomic mass is 10.3. The van der Waals surface area contributed by atoms with Crippen LogP contribution in [0.1, 0.15) is 5.56 Å². The van der Waals surface area contributed by atoms with Crippen LogP contribution in [0.2, 0.25) is 0 Å². The highest BCUT2D eigenvalue weighted by Gasteiger charge is 1.91. The van der Waals surface area contributed by atoms with E-state index < -0.39 is 0 Å². The number of hydrogen-bond acceptors (Lipinski definition) is 3. The molecule has 1 heterocycles. The monoisotopic (exact) mass is 135 g/mol. The molecular weight excluding hydrogens is 126 g/mol. The first-order valence-corrected chi connectivity index (χ1v) is 2.97. The largest absolute Gasteiger partial charge is 0.383 e. The second-order valence-corrected chi connectivity index (χ2v) is 1.87. The van der Waals surface area contributed by atoms with Crippen molar-refractivity contribution in [2.24, 2.45) is 4.99 Å². The molecule has 1 aromatic heterocycles. The summed E-state index contributed by atoms with van der Waals surface area (Å²) in [5, 5.41) is 0. The van der Waals surface area contributed by atoms with Crippen LogP contribution in [-0.4, -0.2) is 18.2 Å². The first-order valence-electron chi connectivity index (χ1n) is 2.97. The molecule has 0 saturated heterocycles. The first kappa shape index (κ1) is 6.74. The van der Waals surface area contributed by atoms with Crippen LogP contribution in [0.4, 0.5) is 5.82 Å². The van der Waals surface area contributed by atoms with E-state index in [1.165, 1.54) is 0 Å². The molecule has 0 unspecified atom stereocenters. The van der Waals surface area contributed by atoms with Crippen LogP contribution >= 0.6 is 0 Å². The Morgan fingerprint density at radius 1 is 1.70 bits per heavy atom. The third-order valence-corrected chi connectivity index (χ3v) is 1.14. The lowest BCUT2D eigenvalue weighted by Crippen LogP contribution is -1.94. The molecule has 0 spiro atoms. The van der Waals surface area contributed by atoms with Crippen molar-refractivity contribution < 1.29 is 0 Å². The van der Waals surface area contributed by atoms with E-state index >= 15 is 0 Å². The van der Waals surface area contributed by atoms with Gasteiger partial charge in [-0.1, -0.05) is 0 Å². The van der Waals surface area contributed by atoms with Gasteiger partial charge in [0.1, 0.15) is 5.82 Å². The van der Waals surface area contributed by atoms with Crippen molar-refractivity contribution in [1.82, 2.24) is 4.98 Å². The van der Waals surface area contributed by atoms with Gasteiger partial charge in [0.25, 0.3) is 0 Å². The van der Waals surface area contributed by atoms with E-state index in [0.29, 0.717) is 5.82 Å². The van der Waals surface area contributed by atoms with Gasteiger partial charge in [0.2, 0.25) is 0 Å². The number of aliphatic imine (C=N–C) groups is 1. The second kappa shape index (κ2) is 2.96. The SMILES string of the molecule is CN=Cc1cccnc1N. The Morgan fingerprint density at radius 3 is 3.10 bits per heavy atom. The van der Waals surface area contributed by atoms with Crippen LogP contribution in [0.3, 0.4) is 0 Å². The second-order valence-electron chi connectivity index (χ2n) is 1.87. The smallest absolute Gasteiger partial charge is 0.132 e. The Morgan fingerprint density at radius 2 is 2.50 bits per heavy atom. The molecule has 0 saturated carbocycles. The first-order chi connectivity index (χ1) is 4.84. The summed E-state index contributed by atoms with van der Waals surface area (Å²) in [4.78, 5) is 7.71. The van der Waals surface area contributed by atoms with Crippen molar-refractivity contribution in [1.29, 1.82) is 0 Å². The molecule has 2 N–H and O–H groups in total. The van der Waals surface area contributed by atoms with E-state index in [0.717, 1.165) is 5.56 Å². The third kappa shape index (κ3) is 1.31. The summed E-state index contributed by atoms with van der Waals surface area (Å²) in [6.07, 6.45) is 3.34. The molecule has 0 atom stereocenters. The number of anilines is 1. The highest BCUT2D eigenvalue weighted by atomic mass is 14.8. The van der Waals surface area contributed by atoms with E-state index in [1.807, 2.05) is 12.1 Å². The van der Waals surface area contributed by atoms with E-state index in [9.17, 15) is 0 Å². The number of rotatable bonds is 1. The molecule has 0 aromatic carbocycles. The number of hydrogen-bond donors (Lipinski definition) is 1. The molecule has 0 aliphatic carbocycles. The summed E-state index contributed by atoms with van der Waals surface area (Å²) in [5.41, 5.74) is 6.37. The Kier molecular flexibility index (Phi) is 1.99. The van der Waals surface area contributed by atoms with Gasteiger partial charge >= 0.3 is 0 Å². The summed E-state index contributed by atoms with van der Waals surface area (Å²) in [5.74, 6) is 0.521. The molecular formula is C7H9N3. The van der Waals surface area contributed by atoms with Crippen LogP contribution in [0.15, 0.2) is 23.3 Å². The van der Waals surface area contributed by atoms with Crippen LogP contribution < -0.4 is 5.73 Å². The lowest BCUT2D eigenvalue weighted by molar-refractivity contribution is 1.32. The molecule has 0 radical (unpaired) electrons. The van der Waals surface area contributed by atoms with Gasteiger partial charge in [0.05, 0.1) is 0 Å². The molecule has 0 amide bonds. The molecule has 3 heteroatoms.